The van der Waals surface area contributed by atoms with Crippen molar-refractivity contribution in [3.63, 3.8) is 0 Å². The zero-order chi connectivity index (χ0) is 17.0. The third kappa shape index (κ3) is 4.12. The summed E-state index contributed by atoms with van der Waals surface area (Å²) in [5, 5.41) is 9.35. The number of rotatable bonds is 4. The quantitative estimate of drug-likeness (QED) is 0.674. The second kappa shape index (κ2) is 6.56. The van der Waals surface area contributed by atoms with Gasteiger partial charge in [-0.15, -0.1) is 0 Å². The molecule has 2 rings (SSSR count). The number of hydrogen-bond acceptors (Lipinski definition) is 3. The average molecular weight is 322 g/mol. The topological polar surface area (TPSA) is 46.5 Å². The highest BCUT2D eigenvalue weighted by molar-refractivity contribution is 6.06. The fourth-order valence-corrected chi connectivity index (χ4v) is 1.92. The molecule has 0 unspecified atom stereocenters. The lowest BCUT2D eigenvalue weighted by Gasteiger charge is -2.06. The number of carbonyl (C=O) groups is 1. The number of ether oxygens (including phenoxy) is 1. The van der Waals surface area contributed by atoms with E-state index in [0.717, 1.165) is 24.3 Å². The number of carbonyl (C=O) groups excluding carboxylic acids is 1. The minimum absolute atomic E-state index is 0.0214. The lowest BCUT2D eigenvalue weighted by atomic mass is 10.1. The van der Waals surface area contributed by atoms with Crippen molar-refractivity contribution in [2.75, 3.05) is 7.11 Å². The molecule has 0 saturated heterocycles. The van der Waals surface area contributed by atoms with Gasteiger partial charge in [0.15, 0.2) is 5.78 Å². The predicted molar refractivity (Wildman–Crippen MR) is 79.5 cm³/mol. The van der Waals surface area contributed by atoms with Crippen LogP contribution in [0.4, 0.5) is 13.2 Å². The lowest BCUT2D eigenvalue weighted by Crippen LogP contribution is -2.05. The fourth-order valence-electron chi connectivity index (χ4n) is 1.92. The van der Waals surface area contributed by atoms with E-state index in [4.69, 9.17) is 4.74 Å². The number of hydrogen-bond donors (Lipinski definition) is 1. The molecule has 0 amide bonds. The van der Waals surface area contributed by atoms with Crippen LogP contribution in [0.3, 0.4) is 0 Å². The molecule has 0 aromatic heterocycles. The molecule has 120 valence electrons. The first-order valence-corrected chi connectivity index (χ1v) is 6.58. The van der Waals surface area contributed by atoms with E-state index in [2.05, 4.69) is 0 Å². The normalized spacial score (nSPS) is 11.7. The Bertz CT molecular complexity index is 732. The van der Waals surface area contributed by atoms with Gasteiger partial charge in [0.25, 0.3) is 0 Å². The second-order valence-electron chi connectivity index (χ2n) is 4.70. The summed E-state index contributed by atoms with van der Waals surface area (Å²) in [4.78, 5) is 12.0. The Morgan fingerprint density at radius 2 is 1.78 bits per heavy atom. The average Bonchev–Trinajstić information content (AvgIpc) is 2.52. The van der Waals surface area contributed by atoms with E-state index in [1.807, 2.05) is 0 Å². The van der Waals surface area contributed by atoms with Crippen molar-refractivity contribution in [3.8, 4) is 11.5 Å². The summed E-state index contributed by atoms with van der Waals surface area (Å²) in [6, 6.07) is 8.37. The molecular weight excluding hydrogens is 309 g/mol. The van der Waals surface area contributed by atoms with E-state index < -0.39 is 17.5 Å². The molecule has 0 atom stereocenters. The predicted octanol–water partition coefficient (Wildman–Crippen LogP) is 4.32. The van der Waals surface area contributed by atoms with Crippen molar-refractivity contribution in [2.24, 2.45) is 0 Å². The number of halogens is 3. The van der Waals surface area contributed by atoms with Gasteiger partial charge >= 0.3 is 6.18 Å². The first kappa shape index (κ1) is 16.6. The fraction of sp³-hybridized carbons (Fsp3) is 0.118. The molecule has 0 aliphatic carbocycles. The molecule has 0 fully saturated rings. The van der Waals surface area contributed by atoms with Crippen molar-refractivity contribution in [1.29, 1.82) is 0 Å². The Labute approximate surface area is 130 Å². The number of allylic oxidation sites excluding steroid dienone is 1. The van der Waals surface area contributed by atoms with E-state index in [1.165, 1.54) is 31.4 Å². The van der Waals surface area contributed by atoms with Gasteiger partial charge in [0.05, 0.1) is 12.7 Å². The monoisotopic (exact) mass is 322 g/mol. The van der Waals surface area contributed by atoms with Gasteiger partial charge < -0.3 is 9.84 Å². The maximum Gasteiger partial charge on any atom is 0.416 e. The van der Waals surface area contributed by atoms with E-state index in [9.17, 15) is 23.1 Å². The van der Waals surface area contributed by atoms with Crippen LogP contribution in [0.5, 0.6) is 11.5 Å². The van der Waals surface area contributed by atoms with Crippen LogP contribution in [0.2, 0.25) is 0 Å². The standard InChI is InChI=1S/C17H13F3O3/c1-23-16-10-14(21)8-4-12(16)5-9-15(22)11-2-6-13(7-3-11)17(18,19)20/h2-10,21H,1H3/b9-5+. The first-order valence-electron chi connectivity index (χ1n) is 6.58. The van der Waals surface area contributed by atoms with Crippen molar-refractivity contribution >= 4 is 11.9 Å². The summed E-state index contributed by atoms with van der Waals surface area (Å²) >= 11 is 0. The van der Waals surface area contributed by atoms with Crippen LogP contribution in [0.1, 0.15) is 21.5 Å². The first-order chi connectivity index (χ1) is 10.8. The maximum absolute atomic E-state index is 12.5. The van der Waals surface area contributed by atoms with Gasteiger partial charge in [0, 0.05) is 17.2 Å². The van der Waals surface area contributed by atoms with Gasteiger partial charge in [-0.1, -0.05) is 12.1 Å². The summed E-state index contributed by atoms with van der Waals surface area (Å²) < 4.78 is 42.5. The molecule has 3 nitrogen and oxygen atoms in total. The molecule has 6 heteroatoms. The Hall–Kier alpha value is -2.76. The van der Waals surface area contributed by atoms with E-state index in [1.54, 1.807) is 6.07 Å². The number of alkyl halides is 3. The number of aromatic hydroxyl groups is 1. The minimum Gasteiger partial charge on any atom is -0.508 e. The molecular formula is C17H13F3O3. The number of ketones is 1. The maximum atomic E-state index is 12.5. The van der Waals surface area contributed by atoms with Gasteiger partial charge in [-0.25, -0.2) is 0 Å². The Balaban J connectivity index is 2.19. The highest BCUT2D eigenvalue weighted by Gasteiger charge is 2.30. The van der Waals surface area contributed by atoms with Crippen molar-refractivity contribution < 1.29 is 27.8 Å². The van der Waals surface area contributed by atoms with Gasteiger partial charge in [0.1, 0.15) is 11.5 Å². The van der Waals surface area contributed by atoms with Crippen LogP contribution < -0.4 is 4.74 Å². The summed E-state index contributed by atoms with van der Waals surface area (Å²) in [6.45, 7) is 0. The molecule has 2 aromatic rings. The summed E-state index contributed by atoms with van der Waals surface area (Å²) in [5.74, 6) is -0.0385. The van der Waals surface area contributed by atoms with Crippen LogP contribution in [-0.2, 0) is 6.18 Å². The third-order valence-electron chi connectivity index (χ3n) is 3.13. The second-order valence-corrected chi connectivity index (χ2v) is 4.70. The minimum atomic E-state index is -4.43. The van der Waals surface area contributed by atoms with Crippen LogP contribution in [0.15, 0.2) is 48.5 Å². The number of benzene rings is 2. The lowest BCUT2D eigenvalue weighted by molar-refractivity contribution is -0.137. The Morgan fingerprint density at radius 3 is 2.35 bits per heavy atom. The highest BCUT2D eigenvalue weighted by atomic mass is 19.4. The van der Waals surface area contributed by atoms with E-state index >= 15 is 0 Å². The molecule has 0 saturated carbocycles. The molecule has 0 spiro atoms. The number of phenols is 1. The van der Waals surface area contributed by atoms with Crippen LogP contribution in [0, 0.1) is 0 Å². The largest absolute Gasteiger partial charge is 0.508 e. The van der Waals surface area contributed by atoms with E-state index in [-0.39, 0.29) is 11.3 Å². The van der Waals surface area contributed by atoms with Gasteiger partial charge in [0.2, 0.25) is 0 Å². The zero-order valence-electron chi connectivity index (χ0n) is 12.1. The third-order valence-corrected chi connectivity index (χ3v) is 3.13. The molecule has 0 aliphatic rings. The van der Waals surface area contributed by atoms with Gasteiger partial charge in [-0.3, -0.25) is 4.79 Å². The van der Waals surface area contributed by atoms with Crippen LogP contribution in [0.25, 0.3) is 6.08 Å². The number of methoxy groups -OCH3 is 1. The molecule has 0 radical (unpaired) electrons. The summed E-state index contributed by atoms with van der Waals surface area (Å²) in [7, 11) is 1.42. The van der Waals surface area contributed by atoms with Gasteiger partial charge in [-0.05, 0) is 36.4 Å². The molecule has 2 aromatic carbocycles. The van der Waals surface area contributed by atoms with E-state index in [0.29, 0.717) is 11.3 Å². The van der Waals surface area contributed by atoms with Crippen LogP contribution >= 0.6 is 0 Å². The van der Waals surface area contributed by atoms with Gasteiger partial charge in [-0.2, -0.15) is 13.2 Å². The van der Waals surface area contributed by atoms with Crippen molar-refractivity contribution in [1.82, 2.24) is 0 Å². The number of phenolic OH excluding ortho intramolecular Hbond substituents is 1. The molecule has 23 heavy (non-hydrogen) atoms. The summed E-state index contributed by atoms with van der Waals surface area (Å²) in [6.07, 6.45) is -1.73. The smallest absolute Gasteiger partial charge is 0.416 e. The Morgan fingerprint density at radius 1 is 1.13 bits per heavy atom. The van der Waals surface area contributed by atoms with Crippen molar-refractivity contribution in [2.45, 2.75) is 6.18 Å². The molecule has 0 bridgehead atoms. The molecule has 1 N–H and O–H groups in total. The highest BCUT2D eigenvalue weighted by Crippen LogP contribution is 2.29. The van der Waals surface area contributed by atoms with Crippen molar-refractivity contribution in [3.05, 3.63) is 65.2 Å². The summed E-state index contributed by atoms with van der Waals surface area (Å²) in [5.41, 5.74) is -0.101. The SMILES string of the molecule is COc1cc(O)ccc1/C=C/C(=O)c1ccc(C(F)(F)F)cc1. The van der Waals surface area contributed by atoms with Crippen LogP contribution in [-0.4, -0.2) is 18.0 Å². The molecule has 0 aliphatic heterocycles. The molecule has 0 heterocycles. The zero-order valence-corrected chi connectivity index (χ0v) is 12.1. The Kier molecular flexibility index (Phi) is 4.74.